The second-order valence-corrected chi connectivity index (χ2v) is 4.15. The van der Waals surface area contributed by atoms with Crippen LogP contribution in [0, 0.1) is 5.82 Å². The molecule has 1 N–H and O–H groups in total. The summed E-state index contributed by atoms with van der Waals surface area (Å²) in [5.74, 6) is -0.452. The van der Waals surface area contributed by atoms with Crippen molar-refractivity contribution in [1.82, 2.24) is 5.01 Å². The molecular weight excluding hydrogens is 223 g/mol. The molecule has 1 aliphatic rings. The molecule has 0 aliphatic carbocycles. The molecule has 92 valence electrons. The van der Waals surface area contributed by atoms with Crippen molar-refractivity contribution in [3.63, 3.8) is 0 Å². The third kappa shape index (κ3) is 2.39. The molecular formula is C12H15FN2O2. The van der Waals surface area contributed by atoms with Crippen LogP contribution in [0.2, 0.25) is 0 Å². The number of hydrazine groups is 1. The molecule has 17 heavy (non-hydrogen) atoms. The zero-order chi connectivity index (χ0) is 12.4. The first-order chi connectivity index (χ1) is 8.09. The molecule has 1 heterocycles. The second kappa shape index (κ2) is 4.71. The number of benzene rings is 1. The molecule has 1 saturated heterocycles. The zero-order valence-corrected chi connectivity index (χ0v) is 9.64. The number of β-amino-alcohol motifs (C(OH)–C–C–N with tert-alkyl or cyclic N) is 1. The third-order valence-electron chi connectivity index (χ3n) is 2.68. The van der Waals surface area contributed by atoms with Crippen LogP contribution < -0.4 is 5.01 Å². The molecule has 1 aromatic rings. The number of aliphatic hydroxyl groups excluding tert-OH is 1. The van der Waals surface area contributed by atoms with E-state index in [2.05, 4.69) is 0 Å². The number of nitrogens with zero attached hydrogens (tertiary/aromatic N) is 2. The summed E-state index contributed by atoms with van der Waals surface area (Å²) in [7, 11) is 0. The highest BCUT2D eigenvalue weighted by atomic mass is 19.1. The fourth-order valence-corrected chi connectivity index (χ4v) is 1.95. The number of carbonyl (C=O) groups is 1. The van der Waals surface area contributed by atoms with Gasteiger partial charge in [0.1, 0.15) is 5.82 Å². The minimum absolute atomic E-state index is 0.0887. The molecule has 1 atom stereocenters. The smallest absolute Gasteiger partial charge is 0.243 e. The third-order valence-corrected chi connectivity index (χ3v) is 2.68. The first-order valence-electron chi connectivity index (χ1n) is 5.60. The largest absolute Gasteiger partial charge is 0.391 e. The van der Waals surface area contributed by atoms with E-state index in [4.69, 9.17) is 0 Å². The van der Waals surface area contributed by atoms with Crippen LogP contribution in [0.25, 0.3) is 0 Å². The van der Waals surface area contributed by atoms with Crippen LogP contribution in [0.4, 0.5) is 10.1 Å². The predicted molar refractivity (Wildman–Crippen MR) is 61.8 cm³/mol. The molecule has 4 nitrogen and oxygen atoms in total. The Morgan fingerprint density at radius 3 is 2.82 bits per heavy atom. The van der Waals surface area contributed by atoms with Gasteiger partial charge in [-0.15, -0.1) is 0 Å². The predicted octanol–water partition coefficient (Wildman–Crippen LogP) is 1.16. The van der Waals surface area contributed by atoms with E-state index in [9.17, 15) is 14.3 Å². The van der Waals surface area contributed by atoms with E-state index in [1.54, 1.807) is 30.1 Å². The van der Waals surface area contributed by atoms with Crippen molar-refractivity contribution >= 4 is 11.6 Å². The lowest BCUT2D eigenvalue weighted by Gasteiger charge is -2.30. The van der Waals surface area contributed by atoms with Gasteiger partial charge in [0, 0.05) is 13.0 Å². The van der Waals surface area contributed by atoms with E-state index in [0.29, 0.717) is 18.7 Å². The van der Waals surface area contributed by atoms with Gasteiger partial charge in [0.25, 0.3) is 0 Å². The number of para-hydroxylation sites is 1. The Kier molecular flexibility index (Phi) is 3.28. The van der Waals surface area contributed by atoms with Crippen LogP contribution in [0.3, 0.4) is 0 Å². The Morgan fingerprint density at radius 1 is 1.47 bits per heavy atom. The summed E-state index contributed by atoms with van der Waals surface area (Å²) in [5, 5.41) is 12.3. The molecule has 1 aromatic carbocycles. The highest BCUT2D eigenvalue weighted by Crippen LogP contribution is 2.25. The molecule has 1 unspecified atom stereocenters. The van der Waals surface area contributed by atoms with E-state index >= 15 is 0 Å². The van der Waals surface area contributed by atoms with Crippen molar-refractivity contribution in [3.05, 3.63) is 30.1 Å². The highest BCUT2D eigenvalue weighted by molar-refractivity contribution is 5.81. The maximum absolute atomic E-state index is 13.6. The first-order valence-corrected chi connectivity index (χ1v) is 5.60. The fourth-order valence-electron chi connectivity index (χ4n) is 1.95. The second-order valence-electron chi connectivity index (χ2n) is 4.15. The summed E-state index contributed by atoms with van der Waals surface area (Å²) in [6.07, 6.45) is -0.285. The number of amides is 1. The average molecular weight is 238 g/mol. The van der Waals surface area contributed by atoms with Gasteiger partial charge in [-0.1, -0.05) is 12.1 Å². The summed E-state index contributed by atoms with van der Waals surface area (Å²) in [6, 6.07) is 6.32. The Morgan fingerprint density at radius 2 is 2.18 bits per heavy atom. The zero-order valence-electron chi connectivity index (χ0n) is 9.64. The van der Waals surface area contributed by atoms with Crippen molar-refractivity contribution in [3.8, 4) is 0 Å². The molecule has 0 radical (unpaired) electrons. The van der Waals surface area contributed by atoms with Gasteiger partial charge in [-0.2, -0.15) is 0 Å². The van der Waals surface area contributed by atoms with Crippen LogP contribution in [-0.2, 0) is 4.79 Å². The van der Waals surface area contributed by atoms with Crippen LogP contribution in [-0.4, -0.2) is 35.2 Å². The fraction of sp³-hybridized carbons (Fsp3) is 0.417. The van der Waals surface area contributed by atoms with Crippen molar-refractivity contribution in [2.45, 2.75) is 19.4 Å². The van der Waals surface area contributed by atoms with Gasteiger partial charge in [-0.25, -0.2) is 4.39 Å². The Balaban J connectivity index is 2.25. The van der Waals surface area contributed by atoms with Crippen LogP contribution in [0.15, 0.2) is 24.3 Å². The van der Waals surface area contributed by atoms with Gasteiger partial charge < -0.3 is 5.11 Å². The maximum Gasteiger partial charge on any atom is 0.243 e. The van der Waals surface area contributed by atoms with Gasteiger partial charge >= 0.3 is 0 Å². The van der Waals surface area contributed by atoms with Crippen LogP contribution >= 0.6 is 0 Å². The van der Waals surface area contributed by atoms with E-state index < -0.39 is 6.10 Å². The Bertz CT molecular complexity index is 423. The molecule has 5 heteroatoms. The molecule has 1 fully saturated rings. The minimum Gasteiger partial charge on any atom is -0.391 e. The molecule has 0 aromatic heterocycles. The van der Waals surface area contributed by atoms with Crippen LogP contribution in [0.5, 0.6) is 0 Å². The summed E-state index contributed by atoms with van der Waals surface area (Å²) in [4.78, 5) is 11.7. The van der Waals surface area contributed by atoms with Gasteiger partial charge in [0.05, 0.1) is 18.3 Å². The van der Waals surface area contributed by atoms with Crippen molar-refractivity contribution in [2.75, 3.05) is 18.1 Å². The minimum atomic E-state index is -0.633. The molecule has 1 amide bonds. The molecule has 0 spiro atoms. The van der Waals surface area contributed by atoms with Crippen LogP contribution in [0.1, 0.15) is 13.3 Å². The highest BCUT2D eigenvalue weighted by Gasteiger charge is 2.31. The van der Waals surface area contributed by atoms with Gasteiger partial charge in [-0.3, -0.25) is 14.8 Å². The number of carbonyl (C=O) groups excluding carboxylic acids is 1. The molecule has 2 rings (SSSR count). The normalized spacial score (nSPS) is 17.7. The standard InChI is InChI=1S/C12H15FN2O2/c1-9(16)8-15-12(17)6-7-14(15)11-5-3-2-4-10(11)13/h2-5,9,16H,6-8H2,1H3. The lowest BCUT2D eigenvalue weighted by atomic mass is 10.3. The van der Waals surface area contributed by atoms with E-state index in [1.807, 2.05) is 0 Å². The quantitative estimate of drug-likeness (QED) is 0.859. The Hall–Kier alpha value is -1.62. The lowest BCUT2D eigenvalue weighted by Crippen LogP contribution is -2.43. The number of rotatable bonds is 3. The number of hydrogen-bond acceptors (Lipinski definition) is 3. The SMILES string of the molecule is CC(O)CN1C(=O)CCN1c1ccccc1F. The maximum atomic E-state index is 13.6. The van der Waals surface area contributed by atoms with Gasteiger partial charge in [-0.05, 0) is 19.1 Å². The number of anilines is 1. The number of halogens is 1. The van der Waals surface area contributed by atoms with Gasteiger partial charge in [0.15, 0.2) is 0 Å². The monoisotopic (exact) mass is 238 g/mol. The van der Waals surface area contributed by atoms with E-state index in [-0.39, 0.29) is 18.3 Å². The summed E-state index contributed by atoms with van der Waals surface area (Å²) in [5.41, 5.74) is 0.374. The first kappa shape index (κ1) is 11.9. The summed E-state index contributed by atoms with van der Waals surface area (Å²) in [6.45, 7) is 2.24. The van der Waals surface area contributed by atoms with E-state index in [1.165, 1.54) is 11.1 Å². The van der Waals surface area contributed by atoms with Crippen molar-refractivity contribution < 1.29 is 14.3 Å². The average Bonchev–Trinajstić information content (AvgIpc) is 2.61. The topological polar surface area (TPSA) is 43.8 Å². The van der Waals surface area contributed by atoms with Gasteiger partial charge in [0.2, 0.25) is 5.91 Å². The van der Waals surface area contributed by atoms with Crippen molar-refractivity contribution in [1.29, 1.82) is 0 Å². The Labute approximate surface area is 99.2 Å². The number of aliphatic hydroxyl groups is 1. The summed E-state index contributed by atoms with van der Waals surface area (Å²) >= 11 is 0. The van der Waals surface area contributed by atoms with Crippen molar-refractivity contribution in [2.24, 2.45) is 0 Å². The molecule has 0 bridgehead atoms. The lowest BCUT2D eigenvalue weighted by molar-refractivity contribution is -0.129. The van der Waals surface area contributed by atoms with E-state index in [0.717, 1.165) is 0 Å². The number of hydrogen-bond donors (Lipinski definition) is 1. The molecule has 1 aliphatic heterocycles. The summed E-state index contributed by atoms with van der Waals surface area (Å²) < 4.78 is 13.6. The molecule has 0 saturated carbocycles.